The predicted octanol–water partition coefficient (Wildman–Crippen LogP) is 1.12. The number of benzene rings is 1. The van der Waals surface area contributed by atoms with E-state index < -0.39 is 5.82 Å². The Morgan fingerprint density at radius 2 is 2.42 bits per heavy atom. The van der Waals surface area contributed by atoms with Gasteiger partial charge in [-0.25, -0.2) is 4.39 Å². The average molecular weight is 263 g/mol. The zero-order valence-corrected chi connectivity index (χ0v) is 11.0. The van der Waals surface area contributed by atoms with Crippen molar-refractivity contribution < 1.29 is 9.13 Å². The van der Waals surface area contributed by atoms with Gasteiger partial charge in [-0.3, -0.25) is 0 Å². The number of likely N-dealkylation sites (N-methyl/N-ethyl adjacent to an activating group) is 1. The van der Waals surface area contributed by atoms with E-state index in [1.165, 1.54) is 6.07 Å². The first-order valence-electron chi connectivity index (χ1n) is 6.38. The normalized spacial score (nSPS) is 20.2. The van der Waals surface area contributed by atoms with Crippen LogP contribution in [0.2, 0.25) is 0 Å². The molecule has 0 bridgehead atoms. The molecule has 0 radical (unpaired) electrons. The SMILES string of the molecule is CN1CCOC(CNCc2ccc(F)c(C#N)c2)C1. The summed E-state index contributed by atoms with van der Waals surface area (Å²) in [6.45, 7) is 4.01. The Balaban J connectivity index is 1.81. The summed E-state index contributed by atoms with van der Waals surface area (Å²) in [6, 6.07) is 6.45. The maximum atomic E-state index is 13.2. The predicted molar refractivity (Wildman–Crippen MR) is 70.1 cm³/mol. The zero-order chi connectivity index (χ0) is 13.7. The fourth-order valence-corrected chi connectivity index (χ4v) is 2.14. The van der Waals surface area contributed by atoms with Gasteiger partial charge in [-0.1, -0.05) is 6.07 Å². The molecule has 5 heteroatoms. The van der Waals surface area contributed by atoms with Crippen LogP contribution in [-0.4, -0.2) is 44.3 Å². The van der Waals surface area contributed by atoms with Gasteiger partial charge in [0, 0.05) is 26.2 Å². The lowest BCUT2D eigenvalue weighted by Crippen LogP contribution is -2.44. The molecule has 0 aliphatic carbocycles. The molecule has 1 aliphatic heterocycles. The third kappa shape index (κ3) is 4.00. The van der Waals surface area contributed by atoms with Gasteiger partial charge >= 0.3 is 0 Å². The first-order valence-corrected chi connectivity index (χ1v) is 6.38. The van der Waals surface area contributed by atoms with Gasteiger partial charge in [0.05, 0.1) is 18.3 Å². The van der Waals surface area contributed by atoms with Crippen molar-refractivity contribution in [3.8, 4) is 6.07 Å². The Hall–Kier alpha value is -1.48. The molecule has 1 unspecified atom stereocenters. The van der Waals surface area contributed by atoms with E-state index in [-0.39, 0.29) is 11.7 Å². The van der Waals surface area contributed by atoms with E-state index in [0.717, 1.165) is 31.8 Å². The van der Waals surface area contributed by atoms with Crippen LogP contribution >= 0.6 is 0 Å². The first kappa shape index (κ1) is 13.9. The van der Waals surface area contributed by atoms with Gasteiger partial charge in [0.2, 0.25) is 0 Å². The van der Waals surface area contributed by atoms with Crippen molar-refractivity contribution in [2.24, 2.45) is 0 Å². The summed E-state index contributed by atoms with van der Waals surface area (Å²) in [5, 5.41) is 12.0. The number of nitrogens with one attached hydrogen (secondary N) is 1. The average Bonchev–Trinajstić information content (AvgIpc) is 2.41. The number of nitriles is 1. The summed E-state index contributed by atoms with van der Waals surface area (Å²) in [5.74, 6) is -0.469. The minimum Gasteiger partial charge on any atom is -0.374 e. The van der Waals surface area contributed by atoms with Crippen molar-refractivity contribution in [1.82, 2.24) is 10.2 Å². The second-order valence-electron chi connectivity index (χ2n) is 4.81. The molecule has 1 heterocycles. The molecule has 2 rings (SSSR count). The molecule has 0 amide bonds. The van der Waals surface area contributed by atoms with Crippen LogP contribution in [0.3, 0.4) is 0 Å². The van der Waals surface area contributed by atoms with Crippen molar-refractivity contribution in [3.05, 3.63) is 35.1 Å². The molecule has 0 aromatic heterocycles. The standard InChI is InChI=1S/C14H18FN3O/c1-18-4-5-19-13(10-18)9-17-8-11-2-3-14(15)12(6-11)7-16/h2-3,6,13,17H,4-5,8-10H2,1H3. The second-order valence-corrected chi connectivity index (χ2v) is 4.81. The van der Waals surface area contributed by atoms with E-state index in [2.05, 4.69) is 17.3 Å². The smallest absolute Gasteiger partial charge is 0.140 e. The Morgan fingerprint density at radius 3 is 3.16 bits per heavy atom. The summed E-state index contributed by atoms with van der Waals surface area (Å²) in [7, 11) is 2.08. The lowest BCUT2D eigenvalue weighted by molar-refractivity contribution is -0.0182. The fraction of sp³-hybridized carbons (Fsp3) is 0.500. The minimum atomic E-state index is -0.469. The Bertz CT molecular complexity index is 472. The number of hydrogen-bond donors (Lipinski definition) is 1. The molecular formula is C14H18FN3O. The van der Waals surface area contributed by atoms with Crippen molar-refractivity contribution in [1.29, 1.82) is 5.26 Å². The molecule has 0 spiro atoms. The summed E-state index contributed by atoms with van der Waals surface area (Å²) < 4.78 is 18.8. The molecule has 1 aromatic rings. The number of rotatable bonds is 4. The summed E-state index contributed by atoms with van der Waals surface area (Å²) in [5.41, 5.74) is 0.995. The van der Waals surface area contributed by atoms with Crippen LogP contribution in [0.15, 0.2) is 18.2 Å². The van der Waals surface area contributed by atoms with E-state index in [4.69, 9.17) is 10.00 Å². The molecule has 1 aliphatic rings. The highest BCUT2D eigenvalue weighted by atomic mass is 19.1. The molecule has 1 atom stereocenters. The molecule has 1 fully saturated rings. The maximum Gasteiger partial charge on any atom is 0.140 e. The summed E-state index contributed by atoms with van der Waals surface area (Å²) >= 11 is 0. The lowest BCUT2D eigenvalue weighted by atomic mass is 10.1. The Kier molecular flexibility index (Phi) is 4.86. The van der Waals surface area contributed by atoms with E-state index >= 15 is 0 Å². The van der Waals surface area contributed by atoms with Crippen LogP contribution in [0.1, 0.15) is 11.1 Å². The second kappa shape index (κ2) is 6.62. The van der Waals surface area contributed by atoms with Gasteiger partial charge in [0.25, 0.3) is 0 Å². The maximum absolute atomic E-state index is 13.2. The Labute approximate surface area is 112 Å². The molecule has 102 valence electrons. The van der Waals surface area contributed by atoms with Crippen LogP contribution in [0.4, 0.5) is 4.39 Å². The highest BCUT2D eigenvalue weighted by molar-refractivity contribution is 5.34. The van der Waals surface area contributed by atoms with Crippen LogP contribution in [0.5, 0.6) is 0 Å². The molecule has 0 saturated carbocycles. The molecule has 4 nitrogen and oxygen atoms in total. The summed E-state index contributed by atoms with van der Waals surface area (Å²) in [4.78, 5) is 2.24. The van der Waals surface area contributed by atoms with Crippen molar-refractivity contribution in [3.63, 3.8) is 0 Å². The van der Waals surface area contributed by atoms with Crippen LogP contribution < -0.4 is 5.32 Å². The molecule has 1 N–H and O–H groups in total. The highest BCUT2D eigenvalue weighted by Crippen LogP contribution is 2.09. The van der Waals surface area contributed by atoms with E-state index in [9.17, 15) is 4.39 Å². The lowest BCUT2D eigenvalue weighted by Gasteiger charge is -2.30. The molecule has 1 saturated heterocycles. The van der Waals surface area contributed by atoms with E-state index in [1.807, 2.05) is 6.07 Å². The number of nitrogens with zero attached hydrogens (tertiary/aromatic N) is 2. The highest BCUT2D eigenvalue weighted by Gasteiger charge is 2.16. The van der Waals surface area contributed by atoms with Gasteiger partial charge in [0.1, 0.15) is 11.9 Å². The minimum absolute atomic E-state index is 0.0907. The van der Waals surface area contributed by atoms with Crippen molar-refractivity contribution in [2.75, 3.05) is 33.3 Å². The van der Waals surface area contributed by atoms with Gasteiger partial charge < -0.3 is 15.0 Å². The number of morpholine rings is 1. The van der Waals surface area contributed by atoms with Crippen molar-refractivity contribution >= 4 is 0 Å². The third-order valence-electron chi connectivity index (χ3n) is 3.19. The largest absolute Gasteiger partial charge is 0.374 e. The van der Waals surface area contributed by atoms with Gasteiger partial charge in [-0.2, -0.15) is 5.26 Å². The third-order valence-corrected chi connectivity index (χ3v) is 3.19. The molecule has 1 aromatic carbocycles. The monoisotopic (exact) mass is 263 g/mol. The Morgan fingerprint density at radius 1 is 1.58 bits per heavy atom. The molecule has 19 heavy (non-hydrogen) atoms. The quantitative estimate of drug-likeness (QED) is 0.884. The summed E-state index contributed by atoms with van der Waals surface area (Å²) in [6.07, 6.45) is 0.189. The van der Waals surface area contributed by atoms with Gasteiger partial charge in [0.15, 0.2) is 0 Å². The zero-order valence-electron chi connectivity index (χ0n) is 11.0. The van der Waals surface area contributed by atoms with E-state index in [1.54, 1.807) is 12.1 Å². The number of halogens is 1. The van der Waals surface area contributed by atoms with Crippen molar-refractivity contribution in [2.45, 2.75) is 12.6 Å². The first-order chi connectivity index (χ1) is 9.19. The fourth-order valence-electron chi connectivity index (χ4n) is 2.14. The molecular weight excluding hydrogens is 245 g/mol. The van der Waals surface area contributed by atoms with Gasteiger partial charge in [-0.05, 0) is 24.7 Å². The number of hydrogen-bond acceptors (Lipinski definition) is 4. The topological polar surface area (TPSA) is 48.3 Å². The number of ether oxygens (including phenoxy) is 1. The van der Waals surface area contributed by atoms with E-state index in [0.29, 0.717) is 6.54 Å². The van der Waals surface area contributed by atoms with Crippen LogP contribution in [0.25, 0.3) is 0 Å². The van der Waals surface area contributed by atoms with Crippen LogP contribution in [-0.2, 0) is 11.3 Å². The van der Waals surface area contributed by atoms with Crippen LogP contribution in [0, 0.1) is 17.1 Å². The van der Waals surface area contributed by atoms with Gasteiger partial charge in [-0.15, -0.1) is 0 Å².